The fourth-order valence-electron chi connectivity index (χ4n) is 3.28. The van der Waals surface area contributed by atoms with Crippen molar-refractivity contribution >= 4 is 11.7 Å². The fourth-order valence-corrected chi connectivity index (χ4v) is 3.28. The first-order valence-electron chi connectivity index (χ1n) is 8.74. The van der Waals surface area contributed by atoms with Crippen LogP contribution in [0.5, 0.6) is 11.5 Å². The van der Waals surface area contributed by atoms with E-state index in [0.29, 0.717) is 30.0 Å². The van der Waals surface area contributed by atoms with E-state index in [1.807, 2.05) is 0 Å². The van der Waals surface area contributed by atoms with Gasteiger partial charge in [0.05, 0.1) is 14.2 Å². The molecule has 0 spiro atoms. The molecule has 1 unspecified atom stereocenters. The van der Waals surface area contributed by atoms with Gasteiger partial charge in [0.15, 0.2) is 5.78 Å². The Hall–Kier alpha value is -2.82. The van der Waals surface area contributed by atoms with Crippen LogP contribution in [0, 0.1) is 5.92 Å². The van der Waals surface area contributed by atoms with Gasteiger partial charge < -0.3 is 14.4 Å². The van der Waals surface area contributed by atoms with Crippen molar-refractivity contribution in [3.05, 3.63) is 59.7 Å². The summed E-state index contributed by atoms with van der Waals surface area (Å²) in [4.78, 5) is 27.3. The van der Waals surface area contributed by atoms with E-state index in [2.05, 4.69) is 0 Å². The van der Waals surface area contributed by atoms with Gasteiger partial charge in [0.1, 0.15) is 11.5 Å². The molecule has 1 aliphatic heterocycles. The summed E-state index contributed by atoms with van der Waals surface area (Å²) in [6, 6.07) is 14.2. The summed E-state index contributed by atoms with van der Waals surface area (Å²) in [5, 5.41) is 0. The molecule has 1 aliphatic rings. The molecule has 0 aliphatic carbocycles. The van der Waals surface area contributed by atoms with Crippen LogP contribution < -0.4 is 9.47 Å². The van der Waals surface area contributed by atoms with Gasteiger partial charge in [-0.3, -0.25) is 9.59 Å². The number of hydrogen-bond acceptors (Lipinski definition) is 4. The third kappa shape index (κ3) is 3.87. The normalized spacial score (nSPS) is 16.8. The van der Waals surface area contributed by atoms with Crippen molar-refractivity contribution in [2.75, 3.05) is 27.3 Å². The predicted octanol–water partition coefficient (Wildman–Crippen LogP) is 3.44. The first-order valence-corrected chi connectivity index (χ1v) is 8.74. The molecule has 1 heterocycles. The molecule has 2 aromatic rings. The van der Waals surface area contributed by atoms with Crippen LogP contribution in [-0.4, -0.2) is 43.9 Å². The predicted molar refractivity (Wildman–Crippen MR) is 98.9 cm³/mol. The Morgan fingerprint density at radius 2 is 1.42 bits per heavy atom. The highest BCUT2D eigenvalue weighted by Gasteiger charge is 2.29. The molecule has 0 N–H and O–H groups in total. The molecule has 26 heavy (non-hydrogen) atoms. The van der Waals surface area contributed by atoms with E-state index in [9.17, 15) is 9.59 Å². The number of carbonyl (C=O) groups excluding carboxylic acids is 2. The third-order valence-corrected chi connectivity index (χ3v) is 4.79. The van der Waals surface area contributed by atoms with Crippen LogP contribution >= 0.6 is 0 Å². The molecule has 1 atom stereocenters. The van der Waals surface area contributed by atoms with Gasteiger partial charge in [-0.25, -0.2) is 0 Å². The topological polar surface area (TPSA) is 55.8 Å². The van der Waals surface area contributed by atoms with Gasteiger partial charge in [-0.1, -0.05) is 0 Å². The Morgan fingerprint density at radius 3 is 1.96 bits per heavy atom. The Bertz CT molecular complexity index is 702. The minimum Gasteiger partial charge on any atom is -0.497 e. The number of methoxy groups -OCH3 is 2. The monoisotopic (exact) mass is 353 g/mol. The molecule has 0 aromatic heterocycles. The van der Waals surface area contributed by atoms with Gasteiger partial charge in [-0.2, -0.15) is 0 Å². The molecule has 5 heteroatoms. The van der Waals surface area contributed by atoms with E-state index in [0.717, 1.165) is 18.6 Å². The quantitative estimate of drug-likeness (QED) is 0.773. The van der Waals surface area contributed by atoms with Gasteiger partial charge in [-0.15, -0.1) is 0 Å². The zero-order valence-electron chi connectivity index (χ0n) is 15.1. The second-order valence-corrected chi connectivity index (χ2v) is 6.41. The van der Waals surface area contributed by atoms with Crippen LogP contribution in [0.1, 0.15) is 33.6 Å². The molecule has 1 fully saturated rings. The number of ether oxygens (including phenoxy) is 2. The first-order chi connectivity index (χ1) is 12.6. The standard InChI is InChI=1S/C21H23NO4/c1-25-18-9-5-15(6-10-18)20(23)17-4-3-13-22(14-17)21(24)16-7-11-19(26-2)12-8-16/h5-12,17H,3-4,13-14H2,1-2H3. The molecular weight excluding hydrogens is 330 g/mol. The Kier molecular flexibility index (Phi) is 5.56. The molecular formula is C21H23NO4. The van der Waals surface area contributed by atoms with E-state index in [1.165, 1.54) is 0 Å². The summed E-state index contributed by atoms with van der Waals surface area (Å²) >= 11 is 0. The Balaban J connectivity index is 1.69. The van der Waals surface area contributed by atoms with Crippen LogP contribution in [-0.2, 0) is 0 Å². The molecule has 2 aromatic carbocycles. The fraction of sp³-hybridized carbons (Fsp3) is 0.333. The largest absolute Gasteiger partial charge is 0.497 e. The second-order valence-electron chi connectivity index (χ2n) is 6.41. The number of ketones is 1. The average molecular weight is 353 g/mol. The highest BCUT2D eigenvalue weighted by Crippen LogP contribution is 2.24. The van der Waals surface area contributed by atoms with E-state index < -0.39 is 0 Å². The number of carbonyl (C=O) groups is 2. The molecule has 1 saturated heterocycles. The SMILES string of the molecule is COc1ccc(C(=O)C2CCCN(C(=O)c3ccc(OC)cc3)C2)cc1. The molecule has 0 saturated carbocycles. The van der Waals surface area contributed by atoms with Crippen molar-refractivity contribution in [2.24, 2.45) is 5.92 Å². The number of amides is 1. The van der Waals surface area contributed by atoms with Crippen LogP contribution in [0.15, 0.2) is 48.5 Å². The van der Waals surface area contributed by atoms with Crippen molar-refractivity contribution in [3.63, 3.8) is 0 Å². The Morgan fingerprint density at radius 1 is 0.885 bits per heavy atom. The molecule has 0 bridgehead atoms. The molecule has 5 nitrogen and oxygen atoms in total. The number of likely N-dealkylation sites (tertiary alicyclic amines) is 1. The highest BCUT2D eigenvalue weighted by atomic mass is 16.5. The third-order valence-electron chi connectivity index (χ3n) is 4.79. The molecule has 0 radical (unpaired) electrons. The van der Waals surface area contributed by atoms with Crippen LogP contribution in [0.3, 0.4) is 0 Å². The van der Waals surface area contributed by atoms with Crippen molar-refractivity contribution in [1.82, 2.24) is 4.90 Å². The lowest BCUT2D eigenvalue weighted by Gasteiger charge is -2.32. The van der Waals surface area contributed by atoms with Crippen LogP contribution in [0.25, 0.3) is 0 Å². The van der Waals surface area contributed by atoms with Crippen molar-refractivity contribution in [2.45, 2.75) is 12.8 Å². The van der Waals surface area contributed by atoms with Crippen molar-refractivity contribution < 1.29 is 19.1 Å². The van der Waals surface area contributed by atoms with E-state index in [1.54, 1.807) is 67.7 Å². The summed E-state index contributed by atoms with van der Waals surface area (Å²) in [6.45, 7) is 1.13. The smallest absolute Gasteiger partial charge is 0.253 e. The number of hydrogen-bond donors (Lipinski definition) is 0. The van der Waals surface area contributed by atoms with Gasteiger partial charge in [0.25, 0.3) is 5.91 Å². The summed E-state index contributed by atoms with van der Waals surface area (Å²) in [6.07, 6.45) is 1.63. The minimum atomic E-state index is -0.167. The Labute approximate surface area is 153 Å². The van der Waals surface area contributed by atoms with Crippen LogP contribution in [0.4, 0.5) is 0 Å². The zero-order valence-corrected chi connectivity index (χ0v) is 15.1. The summed E-state index contributed by atoms with van der Waals surface area (Å²) in [5.41, 5.74) is 1.28. The lowest BCUT2D eigenvalue weighted by Crippen LogP contribution is -2.42. The second kappa shape index (κ2) is 8.04. The van der Waals surface area contributed by atoms with Gasteiger partial charge in [-0.05, 0) is 61.4 Å². The number of rotatable bonds is 5. The summed E-state index contributed by atoms with van der Waals surface area (Å²) in [7, 11) is 3.19. The zero-order chi connectivity index (χ0) is 18.5. The number of nitrogens with zero attached hydrogens (tertiary/aromatic N) is 1. The van der Waals surface area contributed by atoms with Gasteiger partial charge in [0, 0.05) is 30.1 Å². The first kappa shape index (κ1) is 18.0. The molecule has 136 valence electrons. The average Bonchev–Trinajstić information content (AvgIpc) is 2.73. The maximum Gasteiger partial charge on any atom is 0.253 e. The maximum atomic E-state index is 12.8. The van der Waals surface area contributed by atoms with E-state index in [4.69, 9.17) is 9.47 Å². The van der Waals surface area contributed by atoms with E-state index >= 15 is 0 Å². The summed E-state index contributed by atoms with van der Waals surface area (Å²) in [5.74, 6) is 1.31. The lowest BCUT2D eigenvalue weighted by molar-refractivity contribution is 0.0637. The highest BCUT2D eigenvalue weighted by molar-refractivity contribution is 5.99. The van der Waals surface area contributed by atoms with Crippen molar-refractivity contribution in [3.8, 4) is 11.5 Å². The molecule has 1 amide bonds. The van der Waals surface area contributed by atoms with Gasteiger partial charge >= 0.3 is 0 Å². The summed E-state index contributed by atoms with van der Waals surface area (Å²) < 4.78 is 10.3. The number of Topliss-reactive ketones (excluding diaryl/α,β-unsaturated/α-hetero) is 1. The van der Waals surface area contributed by atoms with Gasteiger partial charge in [0.2, 0.25) is 0 Å². The number of benzene rings is 2. The van der Waals surface area contributed by atoms with Crippen LogP contribution in [0.2, 0.25) is 0 Å². The van der Waals surface area contributed by atoms with E-state index in [-0.39, 0.29) is 17.6 Å². The van der Waals surface area contributed by atoms with Crippen molar-refractivity contribution in [1.29, 1.82) is 0 Å². The lowest BCUT2D eigenvalue weighted by atomic mass is 9.89. The molecule has 3 rings (SSSR count). The minimum absolute atomic E-state index is 0.0418. The maximum absolute atomic E-state index is 12.8. The number of piperidine rings is 1.